The van der Waals surface area contributed by atoms with Gasteiger partial charge in [0.2, 0.25) is 0 Å². The lowest BCUT2D eigenvalue weighted by Gasteiger charge is -2.39. The van der Waals surface area contributed by atoms with E-state index in [1.54, 1.807) is 0 Å². The van der Waals surface area contributed by atoms with Crippen molar-refractivity contribution >= 4 is 11.3 Å². The first kappa shape index (κ1) is 12.6. The average Bonchev–Trinajstić information content (AvgIpc) is 3.05. The molecule has 2 aliphatic rings. The Balaban J connectivity index is 1.74. The Hall–Kier alpha value is -0.420. The maximum Gasteiger partial charge on any atom is 0.0850 e. The maximum atomic E-state index is 5.99. The number of hydrogen-bond donors (Lipinski definition) is 1. The van der Waals surface area contributed by atoms with Crippen molar-refractivity contribution < 1.29 is 4.74 Å². The highest BCUT2D eigenvalue weighted by atomic mass is 32.1. The molecular formula is C14H22N2OS. The van der Waals surface area contributed by atoms with Gasteiger partial charge < -0.3 is 10.5 Å². The van der Waals surface area contributed by atoms with E-state index in [1.165, 1.54) is 17.7 Å². The van der Waals surface area contributed by atoms with E-state index in [2.05, 4.69) is 22.4 Å². The molecule has 2 heterocycles. The summed E-state index contributed by atoms with van der Waals surface area (Å²) in [6, 6.07) is 5.18. The van der Waals surface area contributed by atoms with Gasteiger partial charge in [0.1, 0.15) is 0 Å². The largest absolute Gasteiger partial charge is 0.374 e. The SMILES string of the molecule is CC(N)C1CN(C(c2cccs2)C2CC2)CCO1. The predicted octanol–water partition coefficient (Wildman–Crippen LogP) is 2.25. The summed E-state index contributed by atoms with van der Waals surface area (Å²) in [5.41, 5.74) is 5.99. The molecule has 0 bridgehead atoms. The van der Waals surface area contributed by atoms with E-state index in [1.807, 2.05) is 18.3 Å². The Morgan fingerprint density at radius 2 is 2.33 bits per heavy atom. The van der Waals surface area contributed by atoms with Gasteiger partial charge in [0.25, 0.3) is 0 Å². The molecule has 3 atom stereocenters. The predicted molar refractivity (Wildman–Crippen MR) is 74.7 cm³/mol. The van der Waals surface area contributed by atoms with Crippen molar-refractivity contribution in [1.82, 2.24) is 4.90 Å². The molecule has 0 radical (unpaired) electrons. The van der Waals surface area contributed by atoms with Crippen LogP contribution in [0.1, 0.15) is 30.7 Å². The molecule has 4 heteroatoms. The van der Waals surface area contributed by atoms with Crippen LogP contribution in [0.4, 0.5) is 0 Å². The minimum Gasteiger partial charge on any atom is -0.374 e. The first-order valence-electron chi connectivity index (χ1n) is 6.90. The maximum absolute atomic E-state index is 5.99. The molecule has 3 rings (SSSR count). The molecule has 100 valence electrons. The highest BCUT2D eigenvalue weighted by molar-refractivity contribution is 7.10. The highest BCUT2D eigenvalue weighted by Gasteiger charge is 2.39. The molecular weight excluding hydrogens is 244 g/mol. The first-order valence-corrected chi connectivity index (χ1v) is 7.78. The molecule has 18 heavy (non-hydrogen) atoms. The quantitative estimate of drug-likeness (QED) is 0.908. The first-order chi connectivity index (χ1) is 8.75. The molecule has 3 nitrogen and oxygen atoms in total. The number of morpholine rings is 1. The van der Waals surface area contributed by atoms with Crippen LogP contribution < -0.4 is 5.73 Å². The molecule has 1 aromatic heterocycles. The molecule has 2 N–H and O–H groups in total. The number of nitrogens with zero attached hydrogens (tertiary/aromatic N) is 1. The van der Waals surface area contributed by atoms with Crippen LogP contribution >= 0.6 is 11.3 Å². The minimum absolute atomic E-state index is 0.121. The molecule has 1 saturated heterocycles. The average molecular weight is 266 g/mol. The van der Waals surface area contributed by atoms with Gasteiger partial charge in [-0.3, -0.25) is 4.90 Å². The third-order valence-corrected chi connectivity index (χ3v) is 4.95. The third kappa shape index (κ3) is 2.62. The van der Waals surface area contributed by atoms with Gasteiger partial charge in [0, 0.05) is 30.1 Å². The van der Waals surface area contributed by atoms with Crippen molar-refractivity contribution in [2.45, 2.75) is 38.0 Å². The van der Waals surface area contributed by atoms with Crippen LogP contribution in [-0.2, 0) is 4.74 Å². The Morgan fingerprint density at radius 1 is 1.50 bits per heavy atom. The molecule has 1 aliphatic carbocycles. The van der Waals surface area contributed by atoms with Crippen LogP contribution in [-0.4, -0.2) is 36.7 Å². The van der Waals surface area contributed by atoms with Crippen molar-refractivity contribution in [2.24, 2.45) is 11.7 Å². The second kappa shape index (κ2) is 5.29. The van der Waals surface area contributed by atoms with Crippen LogP contribution in [0.3, 0.4) is 0 Å². The Morgan fingerprint density at radius 3 is 2.94 bits per heavy atom. The summed E-state index contributed by atoms with van der Waals surface area (Å²) in [5.74, 6) is 0.857. The molecule has 0 amide bonds. The van der Waals surface area contributed by atoms with E-state index in [9.17, 15) is 0 Å². The van der Waals surface area contributed by atoms with Crippen molar-refractivity contribution in [2.75, 3.05) is 19.7 Å². The Kier molecular flexibility index (Phi) is 3.71. The van der Waals surface area contributed by atoms with Gasteiger partial charge in [-0.15, -0.1) is 11.3 Å². The highest BCUT2D eigenvalue weighted by Crippen LogP contribution is 2.46. The second-order valence-electron chi connectivity index (χ2n) is 5.56. The summed E-state index contributed by atoms with van der Waals surface area (Å²) in [7, 11) is 0. The van der Waals surface area contributed by atoms with E-state index in [0.29, 0.717) is 6.04 Å². The van der Waals surface area contributed by atoms with Gasteiger partial charge in [-0.05, 0) is 37.1 Å². The normalized spacial score (nSPS) is 29.1. The fourth-order valence-corrected chi connectivity index (χ4v) is 3.80. The zero-order chi connectivity index (χ0) is 12.5. The van der Waals surface area contributed by atoms with E-state index in [0.717, 1.165) is 25.6 Å². The number of ether oxygens (including phenoxy) is 1. The third-order valence-electron chi connectivity index (χ3n) is 4.01. The Labute approximate surface area is 113 Å². The monoisotopic (exact) mass is 266 g/mol. The van der Waals surface area contributed by atoms with Crippen molar-refractivity contribution in [1.29, 1.82) is 0 Å². The summed E-state index contributed by atoms with van der Waals surface area (Å²) < 4.78 is 5.77. The van der Waals surface area contributed by atoms with E-state index in [-0.39, 0.29) is 12.1 Å². The second-order valence-corrected chi connectivity index (χ2v) is 6.54. The molecule has 0 aromatic carbocycles. The van der Waals surface area contributed by atoms with Gasteiger partial charge in [-0.1, -0.05) is 6.07 Å². The fraction of sp³-hybridized carbons (Fsp3) is 0.714. The summed E-state index contributed by atoms with van der Waals surface area (Å²) in [6.07, 6.45) is 2.95. The van der Waals surface area contributed by atoms with Crippen molar-refractivity contribution in [3.8, 4) is 0 Å². The molecule has 2 fully saturated rings. The van der Waals surface area contributed by atoms with Gasteiger partial charge in [-0.25, -0.2) is 0 Å². The minimum atomic E-state index is 0.121. The van der Waals surface area contributed by atoms with Gasteiger partial charge in [0.05, 0.1) is 12.7 Å². The van der Waals surface area contributed by atoms with Crippen molar-refractivity contribution in [3.63, 3.8) is 0 Å². The summed E-state index contributed by atoms with van der Waals surface area (Å²) in [4.78, 5) is 4.11. The van der Waals surface area contributed by atoms with Crippen LogP contribution in [0.2, 0.25) is 0 Å². The van der Waals surface area contributed by atoms with E-state index >= 15 is 0 Å². The summed E-state index contributed by atoms with van der Waals surface area (Å²) >= 11 is 1.89. The smallest absolute Gasteiger partial charge is 0.0850 e. The van der Waals surface area contributed by atoms with Gasteiger partial charge in [-0.2, -0.15) is 0 Å². The van der Waals surface area contributed by atoms with Crippen LogP contribution in [0, 0.1) is 5.92 Å². The van der Waals surface area contributed by atoms with Gasteiger partial charge >= 0.3 is 0 Å². The number of thiophene rings is 1. The van der Waals surface area contributed by atoms with E-state index in [4.69, 9.17) is 10.5 Å². The Bertz CT molecular complexity index is 375. The van der Waals surface area contributed by atoms with Crippen LogP contribution in [0.15, 0.2) is 17.5 Å². The number of nitrogens with two attached hydrogens (primary N) is 1. The number of rotatable bonds is 4. The zero-order valence-electron chi connectivity index (χ0n) is 10.9. The molecule has 3 unspecified atom stereocenters. The van der Waals surface area contributed by atoms with E-state index < -0.39 is 0 Å². The lowest BCUT2D eigenvalue weighted by Crippen LogP contribution is -2.50. The molecule has 1 aliphatic heterocycles. The zero-order valence-corrected chi connectivity index (χ0v) is 11.7. The van der Waals surface area contributed by atoms with Gasteiger partial charge in [0.15, 0.2) is 0 Å². The lowest BCUT2D eigenvalue weighted by atomic mass is 10.1. The standard InChI is InChI=1S/C14H22N2OS/c1-10(15)12-9-16(6-7-17-12)14(11-4-5-11)13-3-2-8-18-13/h2-3,8,10-12,14H,4-7,9,15H2,1H3. The molecule has 1 saturated carbocycles. The number of hydrogen-bond acceptors (Lipinski definition) is 4. The van der Waals surface area contributed by atoms with Crippen LogP contribution in [0.5, 0.6) is 0 Å². The molecule has 0 spiro atoms. The molecule has 1 aromatic rings. The summed E-state index contributed by atoms with van der Waals surface area (Å²) in [5, 5.41) is 2.19. The summed E-state index contributed by atoms with van der Waals surface area (Å²) in [6.45, 7) is 4.89. The van der Waals surface area contributed by atoms with Crippen LogP contribution in [0.25, 0.3) is 0 Å². The fourth-order valence-electron chi connectivity index (χ4n) is 2.85. The van der Waals surface area contributed by atoms with Crippen molar-refractivity contribution in [3.05, 3.63) is 22.4 Å². The lowest BCUT2D eigenvalue weighted by molar-refractivity contribution is -0.0547. The topological polar surface area (TPSA) is 38.5 Å².